The third kappa shape index (κ3) is 7.01. The van der Waals surface area contributed by atoms with Crippen LogP contribution in [0.4, 0.5) is 0 Å². The summed E-state index contributed by atoms with van der Waals surface area (Å²) in [5.74, 6) is 0.615. The van der Waals surface area contributed by atoms with Crippen LogP contribution < -0.4 is 5.32 Å². The van der Waals surface area contributed by atoms with E-state index in [1.54, 1.807) is 0 Å². The van der Waals surface area contributed by atoms with E-state index in [0.717, 1.165) is 45.3 Å². The van der Waals surface area contributed by atoms with Gasteiger partial charge in [0.1, 0.15) is 0 Å². The average molecular weight is 263 g/mol. The van der Waals surface area contributed by atoms with Gasteiger partial charge < -0.3 is 10.1 Å². The van der Waals surface area contributed by atoms with Gasteiger partial charge in [0, 0.05) is 25.8 Å². The molecular weight excluding hydrogens is 238 g/mol. The summed E-state index contributed by atoms with van der Waals surface area (Å²) in [5, 5.41) is 3.31. The maximum Gasteiger partial charge on any atom is 0.151 e. The first kappa shape index (κ1) is 14.9. The molecule has 102 valence electrons. The fourth-order valence-corrected chi connectivity index (χ4v) is 3.27. The van der Waals surface area contributed by atoms with Gasteiger partial charge in [-0.25, -0.2) is 8.42 Å². The lowest BCUT2D eigenvalue weighted by Crippen LogP contribution is -2.37. The van der Waals surface area contributed by atoms with E-state index in [1.807, 2.05) is 0 Å². The van der Waals surface area contributed by atoms with Crippen molar-refractivity contribution in [1.82, 2.24) is 5.32 Å². The van der Waals surface area contributed by atoms with Gasteiger partial charge in [-0.05, 0) is 19.3 Å². The molecular formula is C12H25NO3S. The van der Waals surface area contributed by atoms with Crippen molar-refractivity contribution in [3.63, 3.8) is 0 Å². The third-order valence-electron chi connectivity index (χ3n) is 3.13. The number of nitrogens with one attached hydrogen (secondary N) is 1. The second-order valence-electron chi connectivity index (χ2n) is 4.70. The van der Waals surface area contributed by atoms with E-state index in [-0.39, 0.29) is 5.75 Å². The van der Waals surface area contributed by atoms with Crippen LogP contribution >= 0.6 is 0 Å². The molecule has 0 aromatic rings. The van der Waals surface area contributed by atoms with Crippen molar-refractivity contribution in [2.24, 2.45) is 0 Å². The van der Waals surface area contributed by atoms with Crippen LogP contribution in [0.1, 0.15) is 39.0 Å². The van der Waals surface area contributed by atoms with Crippen molar-refractivity contribution in [2.75, 3.05) is 31.3 Å². The molecule has 1 rings (SSSR count). The Balaban J connectivity index is 2.11. The maximum absolute atomic E-state index is 11.7. The number of unbranched alkanes of at least 4 members (excludes halogenated alkanes) is 2. The standard InChI is InChI=1S/C12H25NO3S/c1-2-3-4-10-17(14,15)11-7-13-12-5-8-16-9-6-12/h12-13H,2-11H2,1H3. The Morgan fingerprint density at radius 3 is 2.53 bits per heavy atom. The van der Waals surface area contributed by atoms with E-state index in [0.29, 0.717) is 18.3 Å². The SMILES string of the molecule is CCCCCS(=O)(=O)CCNC1CCOCC1. The first-order chi connectivity index (χ1) is 8.14. The zero-order chi connectivity index (χ0) is 12.6. The van der Waals surface area contributed by atoms with Crippen molar-refractivity contribution in [3.8, 4) is 0 Å². The van der Waals surface area contributed by atoms with Crippen molar-refractivity contribution in [2.45, 2.75) is 45.1 Å². The lowest BCUT2D eigenvalue weighted by molar-refractivity contribution is 0.0785. The molecule has 1 N–H and O–H groups in total. The van der Waals surface area contributed by atoms with Gasteiger partial charge in [0.05, 0.1) is 11.5 Å². The van der Waals surface area contributed by atoms with Gasteiger partial charge in [-0.1, -0.05) is 19.8 Å². The summed E-state index contributed by atoms with van der Waals surface area (Å²) in [6.45, 7) is 4.25. The predicted octanol–water partition coefficient (Wildman–Crippen LogP) is 1.36. The largest absolute Gasteiger partial charge is 0.381 e. The van der Waals surface area contributed by atoms with Crippen LogP contribution in [0.5, 0.6) is 0 Å². The highest BCUT2D eigenvalue weighted by molar-refractivity contribution is 7.91. The van der Waals surface area contributed by atoms with Gasteiger partial charge in [0.25, 0.3) is 0 Å². The fraction of sp³-hybridized carbons (Fsp3) is 1.00. The summed E-state index contributed by atoms with van der Waals surface area (Å²) >= 11 is 0. The Labute approximate surface area is 105 Å². The lowest BCUT2D eigenvalue weighted by Gasteiger charge is -2.23. The fourth-order valence-electron chi connectivity index (χ4n) is 1.99. The summed E-state index contributed by atoms with van der Waals surface area (Å²) in [6, 6.07) is 0.439. The van der Waals surface area contributed by atoms with Crippen molar-refractivity contribution >= 4 is 9.84 Å². The molecule has 0 spiro atoms. The number of ether oxygens (including phenoxy) is 1. The summed E-state index contributed by atoms with van der Waals surface area (Å²) in [7, 11) is -2.85. The molecule has 17 heavy (non-hydrogen) atoms. The first-order valence-electron chi connectivity index (χ1n) is 6.65. The molecule has 0 saturated carbocycles. The molecule has 1 heterocycles. The van der Waals surface area contributed by atoms with Gasteiger partial charge in [-0.3, -0.25) is 0 Å². The third-order valence-corrected chi connectivity index (χ3v) is 4.86. The molecule has 0 bridgehead atoms. The Morgan fingerprint density at radius 2 is 1.88 bits per heavy atom. The second kappa shape index (κ2) is 8.06. The van der Waals surface area contributed by atoms with Crippen molar-refractivity contribution in [3.05, 3.63) is 0 Å². The van der Waals surface area contributed by atoms with Crippen molar-refractivity contribution < 1.29 is 13.2 Å². The predicted molar refractivity (Wildman–Crippen MR) is 70.0 cm³/mol. The summed E-state index contributed by atoms with van der Waals surface area (Å²) < 4.78 is 28.6. The minimum atomic E-state index is -2.85. The number of rotatable bonds is 8. The summed E-state index contributed by atoms with van der Waals surface area (Å²) in [5.41, 5.74) is 0. The van der Waals surface area contributed by atoms with Crippen LogP contribution in [0.15, 0.2) is 0 Å². The molecule has 1 fully saturated rings. The van der Waals surface area contributed by atoms with E-state index in [2.05, 4.69) is 12.2 Å². The van der Waals surface area contributed by atoms with Crippen LogP contribution in [-0.4, -0.2) is 45.7 Å². The quantitative estimate of drug-likeness (QED) is 0.672. The van der Waals surface area contributed by atoms with Crippen LogP contribution in [0, 0.1) is 0 Å². The molecule has 0 atom stereocenters. The molecule has 4 nitrogen and oxygen atoms in total. The van der Waals surface area contributed by atoms with E-state index in [4.69, 9.17) is 4.74 Å². The molecule has 0 unspecified atom stereocenters. The van der Waals surface area contributed by atoms with Crippen LogP contribution in [0.25, 0.3) is 0 Å². The van der Waals surface area contributed by atoms with E-state index >= 15 is 0 Å². The summed E-state index contributed by atoms with van der Waals surface area (Å²) in [6.07, 6.45) is 4.87. The van der Waals surface area contributed by atoms with E-state index in [9.17, 15) is 8.42 Å². The van der Waals surface area contributed by atoms with Gasteiger partial charge >= 0.3 is 0 Å². The van der Waals surface area contributed by atoms with Crippen LogP contribution in [0.2, 0.25) is 0 Å². The molecule has 0 aliphatic carbocycles. The zero-order valence-electron chi connectivity index (χ0n) is 10.8. The number of hydrogen-bond donors (Lipinski definition) is 1. The first-order valence-corrected chi connectivity index (χ1v) is 8.48. The van der Waals surface area contributed by atoms with Gasteiger partial charge in [0.2, 0.25) is 0 Å². The molecule has 0 aromatic heterocycles. The highest BCUT2D eigenvalue weighted by Crippen LogP contribution is 2.06. The molecule has 5 heteroatoms. The number of hydrogen-bond acceptors (Lipinski definition) is 4. The highest BCUT2D eigenvalue weighted by atomic mass is 32.2. The molecule has 1 saturated heterocycles. The molecule has 1 aliphatic heterocycles. The zero-order valence-corrected chi connectivity index (χ0v) is 11.6. The molecule has 0 radical (unpaired) electrons. The van der Waals surface area contributed by atoms with Gasteiger partial charge in [-0.2, -0.15) is 0 Å². The second-order valence-corrected chi connectivity index (χ2v) is 7.00. The Kier molecular flexibility index (Phi) is 7.08. The highest BCUT2D eigenvalue weighted by Gasteiger charge is 2.15. The molecule has 1 aliphatic rings. The Bertz CT molecular complexity index is 284. The molecule has 0 amide bonds. The lowest BCUT2D eigenvalue weighted by atomic mass is 10.1. The van der Waals surface area contributed by atoms with Crippen LogP contribution in [0.3, 0.4) is 0 Å². The van der Waals surface area contributed by atoms with E-state index in [1.165, 1.54) is 0 Å². The van der Waals surface area contributed by atoms with E-state index < -0.39 is 9.84 Å². The molecule has 0 aromatic carbocycles. The minimum absolute atomic E-state index is 0.272. The monoisotopic (exact) mass is 263 g/mol. The van der Waals surface area contributed by atoms with Gasteiger partial charge in [-0.15, -0.1) is 0 Å². The van der Waals surface area contributed by atoms with Crippen LogP contribution in [-0.2, 0) is 14.6 Å². The normalized spacial score (nSPS) is 18.4. The van der Waals surface area contributed by atoms with Gasteiger partial charge in [0.15, 0.2) is 9.84 Å². The average Bonchev–Trinajstić information content (AvgIpc) is 2.30. The smallest absolute Gasteiger partial charge is 0.151 e. The topological polar surface area (TPSA) is 55.4 Å². The summed E-state index contributed by atoms with van der Waals surface area (Å²) in [4.78, 5) is 0. The minimum Gasteiger partial charge on any atom is -0.381 e. The Morgan fingerprint density at radius 1 is 1.18 bits per heavy atom. The maximum atomic E-state index is 11.7. The number of sulfone groups is 1. The van der Waals surface area contributed by atoms with Crippen molar-refractivity contribution in [1.29, 1.82) is 0 Å². The Hall–Kier alpha value is -0.130.